The zero-order valence-electron chi connectivity index (χ0n) is 12.2. The van der Waals surface area contributed by atoms with Crippen LogP contribution in [0.15, 0.2) is 29.2 Å². The van der Waals surface area contributed by atoms with E-state index < -0.39 is 5.97 Å². The summed E-state index contributed by atoms with van der Waals surface area (Å²) in [5.74, 6) is -0.899. The quantitative estimate of drug-likeness (QED) is 0.785. The van der Waals surface area contributed by atoms with Crippen molar-refractivity contribution in [1.29, 1.82) is 0 Å². The third-order valence-electron chi connectivity index (χ3n) is 4.10. The average Bonchev–Trinajstić information content (AvgIpc) is 2.86. The van der Waals surface area contributed by atoms with Crippen LogP contribution >= 0.6 is 11.8 Å². The summed E-state index contributed by atoms with van der Waals surface area (Å²) in [5.41, 5.74) is 0.413. The normalized spacial score (nSPS) is 16.6. The minimum Gasteiger partial charge on any atom is -0.481 e. The van der Waals surface area contributed by atoms with Crippen LogP contribution in [-0.2, 0) is 9.59 Å². The number of benzene rings is 1. The van der Waals surface area contributed by atoms with Crippen LogP contribution in [0.4, 0.5) is 5.69 Å². The molecule has 2 N–H and O–H groups in total. The maximum Gasteiger partial charge on any atom is 0.303 e. The Hall–Kier alpha value is -1.49. The van der Waals surface area contributed by atoms with E-state index >= 15 is 0 Å². The highest BCUT2D eigenvalue weighted by Gasteiger charge is 2.37. The number of nitrogens with one attached hydrogen (secondary N) is 1. The van der Waals surface area contributed by atoms with E-state index in [0.29, 0.717) is 6.42 Å². The largest absolute Gasteiger partial charge is 0.481 e. The number of hydrogen-bond donors (Lipinski definition) is 2. The van der Waals surface area contributed by atoms with E-state index in [1.807, 2.05) is 30.5 Å². The predicted molar refractivity (Wildman–Crippen MR) is 84.6 cm³/mol. The van der Waals surface area contributed by atoms with Gasteiger partial charge in [0, 0.05) is 17.0 Å². The van der Waals surface area contributed by atoms with E-state index in [-0.39, 0.29) is 17.7 Å². The van der Waals surface area contributed by atoms with Gasteiger partial charge in [-0.3, -0.25) is 9.59 Å². The molecule has 0 spiro atoms. The molecule has 1 aromatic rings. The number of carbonyl (C=O) groups is 2. The van der Waals surface area contributed by atoms with Crippen molar-refractivity contribution in [1.82, 2.24) is 0 Å². The Morgan fingerprint density at radius 2 is 1.81 bits per heavy atom. The van der Waals surface area contributed by atoms with Crippen molar-refractivity contribution in [3.8, 4) is 0 Å². The predicted octanol–water partition coefficient (Wildman–Crippen LogP) is 3.77. The maximum atomic E-state index is 12.2. The number of amides is 1. The lowest BCUT2D eigenvalue weighted by Gasteiger charge is -2.26. The van der Waals surface area contributed by atoms with Gasteiger partial charge in [-0.25, -0.2) is 0 Å². The van der Waals surface area contributed by atoms with Gasteiger partial charge in [0.15, 0.2) is 0 Å². The number of carboxylic acid groups (broad SMARTS) is 1. The molecule has 114 valence electrons. The molecule has 0 unspecified atom stereocenters. The first-order valence-electron chi connectivity index (χ1n) is 7.19. The number of aliphatic carboxylic acids is 1. The van der Waals surface area contributed by atoms with Crippen LogP contribution in [0.1, 0.15) is 38.5 Å². The van der Waals surface area contributed by atoms with Crippen LogP contribution in [0.3, 0.4) is 0 Å². The number of thioether (sulfide) groups is 1. The van der Waals surface area contributed by atoms with Gasteiger partial charge < -0.3 is 10.4 Å². The molecule has 0 heterocycles. The Labute approximate surface area is 129 Å². The molecule has 0 aromatic heterocycles. The Kier molecular flexibility index (Phi) is 5.28. The molecule has 0 atom stereocenters. The van der Waals surface area contributed by atoms with Gasteiger partial charge in [-0.15, -0.1) is 11.8 Å². The van der Waals surface area contributed by atoms with E-state index in [1.54, 1.807) is 11.8 Å². The molecule has 2 rings (SSSR count). The molecule has 0 saturated heterocycles. The molecular weight excluding hydrogens is 286 g/mol. The molecule has 4 nitrogen and oxygen atoms in total. The van der Waals surface area contributed by atoms with Crippen LogP contribution in [0.5, 0.6) is 0 Å². The molecule has 0 bridgehead atoms. The second-order valence-electron chi connectivity index (χ2n) is 5.73. The Morgan fingerprint density at radius 1 is 1.19 bits per heavy atom. The summed E-state index contributed by atoms with van der Waals surface area (Å²) in [5, 5.41) is 11.9. The van der Waals surface area contributed by atoms with Gasteiger partial charge in [-0.2, -0.15) is 0 Å². The number of hydrogen-bond acceptors (Lipinski definition) is 3. The topological polar surface area (TPSA) is 66.4 Å². The van der Waals surface area contributed by atoms with Crippen LogP contribution < -0.4 is 5.32 Å². The lowest BCUT2D eigenvalue weighted by Crippen LogP contribution is -2.27. The third-order valence-corrected chi connectivity index (χ3v) is 4.84. The number of anilines is 1. The molecule has 1 aromatic carbocycles. The molecule has 0 radical (unpaired) electrons. The summed E-state index contributed by atoms with van der Waals surface area (Å²) >= 11 is 1.65. The van der Waals surface area contributed by atoms with Crippen LogP contribution in [0.25, 0.3) is 0 Å². The minimum absolute atomic E-state index is 0.0879. The zero-order valence-corrected chi connectivity index (χ0v) is 13.0. The van der Waals surface area contributed by atoms with Gasteiger partial charge in [0.25, 0.3) is 0 Å². The Balaban J connectivity index is 1.97. The van der Waals surface area contributed by atoms with Crippen LogP contribution in [0.2, 0.25) is 0 Å². The average molecular weight is 307 g/mol. The highest BCUT2D eigenvalue weighted by molar-refractivity contribution is 7.98. The fourth-order valence-electron chi connectivity index (χ4n) is 3.08. The number of carbonyl (C=O) groups excluding carboxylic acids is 1. The first-order valence-corrected chi connectivity index (χ1v) is 8.41. The van der Waals surface area contributed by atoms with E-state index in [1.165, 1.54) is 0 Å². The summed E-state index contributed by atoms with van der Waals surface area (Å²) in [6.45, 7) is 0. The van der Waals surface area contributed by atoms with Crippen LogP contribution in [-0.4, -0.2) is 23.2 Å². The van der Waals surface area contributed by atoms with Gasteiger partial charge in [-0.05, 0) is 48.8 Å². The second-order valence-corrected chi connectivity index (χ2v) is 6.61. The van der Waals surface area contributed by atoms with Gasteiger partial charge >= 0.3 is 5.97 Å². The van der Waals surface area contributed by atoms with Crippen molar-refractivity contribution < 1.29 is 14.7 Å². The van der Waals surface area contributed by atoms with Crippen molar-refractivity contribution in [3.05, 3.63) is 24.3 Å². The number of rotatable bonds is 6. The molecule has 1 aliphatic rings. The maximum absolute atomic E-state index is 12.2. The summed E-state index contributed by atoms with van der Waals surface area (Å²) in [4.78, 5) is 24.4. The molecule has 1 amide bonds. The Bertz CT molecular complexity index is 507. The van der Waals surface area contributed by atoms with Crippen molar-refractivity contribution in [2.75, 3.05) is 11.6 Å². The summed E-state index contributed by atoms with van der Waals surface area (Å²) < 4.78 is 0. The first-order chi connectivity index (χ1) is 10.0. The molecule has 1 fully saturated rings. The van der Waals surface area contributed by atoms with Gasteiger partial charge in [-0.1, -0.05) is 12.8 Å². The van der Waals surface area contributed by atoms with E-state index in [0.717, 1.165) is 36.3 Å². The standard InChI is InChI=1S/C16H21NO3S/c1-21-13-6-4-12(5-7-13)17-14(18)10-16(11-15(19)20)8-2-3-9-16/h4-7H,2-3,8-11H2,1H3,(H,17,18)(H,19,20). The molecule has 0 aliphatic heterocycles. The van der Waals surface area contributed by atoms with Crippen molar-refractivity contribution in [2.24, 2.45) is 5.41 Å². The van der Waals surface area contributed by atoms with E-state index in [4.69, 9.17) is 5.11 Å². The van der Waals surface area contributed by atoms with Gasteiger partial charge in [0.05, 0.1) is 6.42 Å². The van der Waals surface area contributed by atoms with E-state index in [2.05, 4.69) is 5.32 Å². The second kappa shape index (κ2) is 6.98. The lowest BCUT2D eigenvalue weighted by molar-refractivity contribution is -0.140. The molecule has 1 saturated carbocycles. The lowest BCUT2D eigenvalue weighted by atomic mass is 9.79. The monoisotopic (exact) mass is 307 g/mol. The highest BCUT2D eigenvalue weighted by Crippen LogP contribution is 2.44. The SMILES string of the molecule is CSc1ccc(NC(=O)CC2(CC(=O)O)CCCC2)cc1. The van der Waals surface area contributed by atoms with Crippen molar-refractivity contribution in [3.63, 3.8) is 0 Å². The smallest absolute Gasteiger partial charge is 0.303 e. The third kappa shape index (κ3) is 4.49. The summed E-state index contributed by atoms with van der Waals surface area (Å²) in [6.07, 6.45) is 6.08. The summed E-state index contributed by atoms with van der Waals surface area (Å²) in [6, 6.07) is 7.68. The fourth-order valence-corrected chi connectivity index (χ4v) is 3.49. The van der Waals surface area contributed by atoms with Gasteiger partial charge in [0.2, 0.25) is 5.91 Å². The van der Waals surface area contributed by atoms with Crippen molar-refractivity contribution >= 4 is 29.3 Å². The Morgan fingerprint density at radius 3 is 2.33 bits per heavy atom. The summed E-state index contributed by atoms with van der Waals surface area (Å²) in [7, 11) is 0. The minimum atomic E-state index is -0.811. The molecule has 1 aliphatic carbocycles. The van der Waals surface area contributed by atoms with E-state index in [9.17, 15) is 9.59 Å². The van der Waals surface area contributed by atoms with Crippen LogP contribution in [0, 0.1) is 5.41 Å². The molecular formula is C16H21NO3S. The number of carboxylic acids is 1. The molecule has 5 heteroatoms. The highest BCUT2D eigenvalue weighted by atomic mass is 32.2. The first kappa shape index (κ1) is 15.9. The van der Waals surface area contributed by atoms with Crippen molar-refractivity contribution in [2.45, 2.75) is 43.4 Å². The van der Waals surface area contributed by atoms with Gasteiger partial charge in [0.1, 0.15) is 0 Å². The zero-order chi connectivity index (χ0) is 15.3. The fraction of sp³-hybridized carbons (Fsp3) is 0.500. The molecule has 21 heavy (non-hydrogen) atoms.